The lowest BCUT2D eigenvalue weighted by molar-refractivity contribution is -0.130. The molecule has 6 nitrogen and oxygen atoms in total. The fourth-order valence-corrected chi connectivity index (χ4v) is 3.10. The average molecular weight is 352 g/mol. The third kappa shape index (κ3) is 3.31. The van der Waals surface area contributed by atoms with Crippen molar-refractivity contribution in [3.05, 3.63) is 65.7 Å². The van der Waals surface area contributed by atoms with Crippen LogP contribution in [0.15, 0.2) is 54.6 Å². The van der Waals surface area contributed by atoms with E-state index in [2.05, 4.69) is 5.32 Å². The highest BCUT2D eigenvalue weighted by Gasteiger charge is 2.48. The second kappa shape index (κ2) is 7.00. The summed E-state index contributed by atoms with van der Waals surface area (Å²) in [7, 11) is 1.56. The van der Waals surface area contributed by atoms with Crippen LogP contribution >= 0.6 is 0 Å². The van der Waals surface area contributed by atoms with Gasteiger partial charge in [0, 0.05) is 12.0 Å². The number of Topliss-reactive ketones (excluding diaryl/α,β-unsaturated/α-hetero) is 1. The highest BCUT2D eigenvalue weighted by molar-refractivity contribution is 6.11. The van der Waals surface area contributed by atoms with E-state index in [1.54, 1.807) is 50.4 Å². The summed E-state index contributed by atoms with van der Waals surface area (Å²) >= 11 is 0. The van der Waals surface area contributed by atoms with E-state index in [0.29, 0.717) is 11.3 Å². The van der Waals surface area contributed by atoms with Crippen molar-refractivity contribution in [2.45, 2.75) is 18.9 Å². The van der Waals surface area contributed by atoms with Crippen LogP contribution in [0.2, 0.25) is 0 Å². The Kier molecular flexibility index (Phi) is 4.75. The molecule has 134 valence electrons. The minimum absolute atomic E-state index is 0.275. The van der Waals surface area contributed by atoms with Crippen molar-refractivity contribution in [1.29, 1.82) is 0 Å². The van der Waals surface area contributed by atoms with Crippen molar-refractivity contribution >= 4 is 17.7 Å². The molecule has 0 unspecified atom stereocenters. The van der Waals surface area contributed by atoms with Crippen molar-refractivity contribution in [2.24, 2.45) is 0 Å². The number of nitrogens with zero attached hydrogens (tertiary/aromatic N) is 1. The van der Waals surface area contributed by atoms with Crippen molar-refractivity contribution in [1.82, 2.24) is 10.2 Å². The molecular weight excluding hydrogens is 332 g/mol. The standard InChI is InChI=1S/C20H20N2O4/c1-20(12-15-10-6-7-11-17(15)26-2)18(24)22(19(25)21-20)13-16(23)14-8-4-3-5-9-14/h3-11H,12-13H2,1-2H3,(H,21,25)/t20-/m1/s1. The third-order valence-electron chi connectivity index (χ3n) is 4.48. The summed E-state index contributed by atoms with van der Waals surface area (Å²) in [4.78, 5) is 38.5. The molecule has 0 bridgehead atoms. The van der Waals surface area contributed by atoms with Gasteiger partial charge in [-0.1, -0.05) is 48.5 Å². The van der Waals surface area contributed by atoms with Crippen LogP contribution in [0.4, 0.5) is 4.79 Å². The van der Waals surface area contributed by atoms with Crippen LogP contribution in [0.1, 0.15) is 22.8 Å². The number of benzene rings is 2. The fraction of sp³-hybridized carbons (Fsp3) is 0.250. The van der Waals surface area contributed by atoms with Crippen LogP contribution in [0.25, 0.3) is 0 Å². The molecule has 6 heteroatoms. The fourth-order valence-electron chi connectivity index (χ4n) is 3.10. The predicted octanol–water partition coefficient (Wildman–Crippen LogP) is 2.43. The van der Waals surface area contributed by atoms with Gasteiger partial charge in [0.2, 0.25) is 0 Å². The molecule has 0 saturated carbocycles. The molecule has 26 heavy (non-hydrogen) atoms. The molecule has 1 N–H and O–H groups in total. The Hall–Kier alpha value is -3.15. The van der Waals surface area contributed by atoms with Crippen LogP contribution in [-0.2, 0) is 11.2 Å². The van der Waals surface area contributed by atoms with Gasteiger partial charge in [-0.2, -0.15) is 0 Å². The van der Waals surface area contributed by atoms with Gasteiger partial charge in [-0.05, 0) is 18.6 Å². The first kappa shape index (κ1) is 17.7. The lowest BCUT2D eigenvalue weighted by atomic mass is 9.92. The molecule has 2 aromatic carbocycles. The molecule has 0 aromatic heterocycles. The molecule has 0 spiro atoms. The molecule has 1 fully saturated rings. The smallest absolute Gasteiger partial charge is 0.325 e. The molecular formula is C20H20N2O4. The van der Waals surface area contributed by atoms with E-state index >= 15 is 0 Å². The Morgan fingerprint density at radius 3 is 2.42 bits per heavy atom. The number of carbonyl (C=O) groups is 3. The number of rotatable bonds is 6. The molecule has 3 amide bonds. The summed E-state index contributed by atoms with van der Waals surface area (Å²) in [6, 6.07) is 15.4. The Morgan fingerprint density at radius 2 is 1.73 bits per heavy atom. The molecule has 1 aliphatic rings. The summed E-state index contributed by atoms with van der Waals surface area (Å²) in [5.74, 6) is -0.0529. The number of carbonyl (C=O) groups excluding carboxylic acids is 3. The second-order valence-corrected chi connectivity index (χ2v) is 6.43. The minimum atomic E-state index is -1.12. The first-order chi connectivity index (χ1) is 12.4. The average Bonchev–Trinajstić information content (AvgIpc) is 2.86. The van der Waals surface area contributed by atoms with Crippen LogP contribution in [0.3, 0.4) is 0 Å². The molecule has 1 aliphatic heterocycles. The van der Waals surface area contributed by atoms with E-state index in [0.717, 1.165) is 10.5 Å². The predicted molar refractivity (Wildman–Crippen MR) is 96.1 cm³/mol. The number of hydrogen-bond acceptors (Lipinski definition) is 4. The molecule has 1 atom stereocenters. The van der Waals surface area contributed by atoms with Crippen LogP contribution < -0.4 is 10.1 Å². The largest absolute Gasteiger partial charge is 0.496 e. The minimum Gasteiger partial charge on any atom is -0.496 e. The van der Waals surface area contributed by atoms with Gasteiger partial charge in [-0.25, -0.2) is 4.79 Å². The number of ketones is 1. The third-order valence-corrected chi connectivity index (χ3v) is 4.48. The van der Waals surface area contributed by atoms with E-state index in [1.165, 1.54) is 0 Å². The number of methoxy groups -OCH3 is 1. The number of imide groups is 1. The van der Waals surface area contributed by atoms with Crippen LogP contribution in [-0.4, -0.2) is 41.8 Å². The monoisotopic (exact) mass is 352 g/mol. The van der Waals surface area contributed by atoms with Gasteiger partial charge in [-0.3, -0.25) is 14.5 Å². The van der Waals surface area contributed by atoms with Gasteiger partial charge in [0.25, 0.3) is 5.91 Å². The van der Waals surface area contributed by atoms with Gasteiger partial charge >= 0.3 is 6.03 Å². The number of amides is 3. The normalized spacial score (nSPS) is 19.4. The van der Waals surface area contributed by atoms with Crippen molar-refractivity contribution in [3.8, 4) is 5.75 Å². The number of para-hydroxylation sites is 1. The number of urea groups is 1. The maximum Gasteiger partial charge on any atom is 0.325 e. The molecule has 1 saturated heterocycles. The zero-order valence-electron chi connectivity index (χ0n) is 14.7. The first-order valence-electron chi connectivity index (χ1n) is 8.29. The van der Waals surface area contributed by atoms with Crippen molar-refractivity contribution in [2.75, 3.05) is 13.7 Å². The maximum absolute atomic E-state index is 12.9. The first-order valence-corrected chi connectivity index (χ1v) is 8.29. The van der Waals surface area contributed by atoms with Crippen LogP contribution in [0, 0.1) is 0 Å². The molecule has 2 aromatic rings. The Labute approximate surface area is 151 Å². The van der Waals surface area contributed by atoms with Crippen molar-refractivity contribution < 1.29 is 19.1 Å². The maximum atomic E-state index is 12.9. The Bertz CT molecular complexity index is 850. The van der Waals surface area contributed by atoms with Gasteiger partial charge in [0.1, 0.15) is 11.3 Å². The Morgan fingerprint density at radius 1 is 1.08 bits per heavy atom. The van der Waals surface area contributed by atoms with E-state index in [-0.39, 0.29) is 18.7 Å². The second-order valence-electron chi connectivity index (χ2n) is 6.43. The zero-order valence-corrected chi connectivity index (χ0v) is 14.7. The molecule has 0 aliphatic carbocycles. The molecule has 3 rings (SSSR count). The topological polar surface area (TPSA) is 75.7 Å². The SMILES string of the molecule is COc1ccccc1C[C@@]1(C)NC(=O)N(CC(=O)c2ccccc2)C1=O. The van der Waals surface area contributed by atoms with Gasteiger partial charge in [0.05, 0.1) is 13.7 Å². The van der Waals surface area contributed by atoms with Gasteiger partial charge in [0.15, 0.2) is 5.78 Å². The molecule has 0 radical (unpaired) electrons. The van der Waals surface area contributed by atoms with E-state index in [4.69, 9.17) is 4.74 Å². The summed E-state index contributed by atoms with van der Waals surface area (Å²) in [6.45, 7) is 1.38. The lowest BCUT2D eigenvalue weighted by Crippen LogP contribution is -2.46. The quantitative estimate of drug-likeness (QED) is 0.640. The van der Waals surface area contributed by atoms with E-state index < -0.39 is 17.5 Å². The summed E-state index contributed by atoms with van der Waals surface area (Å²) in [6.07, 6.45) is 0.275. The lowest BCUT2D eigenvalue weighted by Gasteiger charge is -2.22. The number of nitrogens with one attached hydrogen (secondary N) is 1. The zero-order chi connectivity index (χ0) is 18.7. The van der Waals surface area contributed by atoms with Gasteiger partial charge < -0.3 is 10.1 Å². The Balaban J connectivity index is 1.78. The summed E-state index contributed by atoms with van der Waals surface area (Å²) in [5.41, 5.74) is 0.150. The number of ether oxygens (including phenoxy) is 1. The molecule has 1 heterocycles. The van der Waals surface area contributed by atoms with E-state index in [1.807, 2.05) is 18.2 Å². The van der Waals surface area contributed by atoms with E-state index in [9.17, 15) is 14.4 Å². The number of hydrogen-bond donors (Lipinski definition) is 1. The van der Waals surface area contributed by atoms with Crippen LogP contribution in [0.5, 0.6) is 5.75 Å². The van der Waals surface area contributed by atoms with Crippen molar-refractivity contribution in [3.63, 3.8) is 0 Å². The highest BCUT2D eigenvalue weighted by Crippen LogP contribution is 2.27. The van der Waals surface area contributed by atoms with Gasteiger partial charge in [-0.15, -0.1) is 0 Å². The summed E-state index contributed by atoms with van der Waals surface area (Å²) in [5, 5.41) is 2.72. The summed E-state index contributed by atoms with van der Waals surface area (Å²) < 4.78 is 5.32. The highest BCUT2D eigenvalue weighted by atomic mass is 16.5.